The Bertz CT molecular complexity index is 1340. The number of pyridine rings is 1. The largest absolute Gasteiger partial charge is 0.488 e. The summed E-state index contributed by atoms with van der Waals surface area (Å²) in [6.45, 7) is 1.20. The number of amides is 1. The lowest BCUT2D eigenvalue weighted by Crippen LogP contribution is -2.30. The number of aromatic nitrogens is 4. The van der Waals surface area contributed by atoms with Gasteiger partial charge in [-0.25, -0.2) is 15.0 Å². The van der Waals surface area contributed by atoms with Crippen molar-refractivity contribution < 1.29 is 14.8 Å². The summed E-state index contributed by atoms with van der Waals surface area (Å²) < 4.78 is 1.63. The summed E-state index contributed by atoms with van der Waals surface area (Å²) in [6.07, 6.45) is 2.32. The van der Waals surface area contributed by atoms with Crippen LogP contribution in [0.1, 0.15) is 21.6 Å². The number of fused-ring (bicyclic) bond motifs is 2. The Morgan fingerprint density at radius 2 is 2.06 bits per heavy atom. The molecule has 1 aromatic carbocycles. The fraction of sp³-hybridized carbons (Fsp3) is 0.143. The molecule has 0 saturated heterocycles. The second kappa shape index (κ2) is 7.95. The van der Waals surface area contributed by atoms with E-state index >= 15 is 0 Å². The summed E-state index contributed by atoms with van der Waals surface area (Å²) in [5.41, 5.74) is 9.31. The average Bonchev–Trinajstić information content (AvgIpc) is 3.44. The molecule has 0 spiro atoms. The normalized spacial score (nSPS) is 12.4. The second-order valence-electron chi connectivity index (χ2n) is 7.50. The lowest BCUT2D eigenvalue weighted by Gasteiger charge is -2.12. The number of imidazole rings is 1. The van der Waals surface area contributed by atoms with Crippen molar-refractivity contribution in [1.29, 1.82) is 0 Å². The Morgan fingerprint density at radius 3 is 2.88 bits per heavy atom. The molecule has 0 aliphatic carbocycles. The van der Waals surface area contributed by atoms with Crippen LogP contribution in [0.25, 0.3) is 17.0 Å². The molecule has 10 nitrogen and oxygen atoms in total. The molecule has 0 fully saturated rings. The van der Waals surface area contributed by atoms with Gasteiger partial charge in [0.1, 0.15) is 29.4 Å². The van der Waals surface area contributed by atoms with Gasteiger partial charge in [0.05, 0.1) is 5.52 Å². The molecule has 32 heavy (non-hydrogen) atoms. The van der Waals surface area contributed by atoms with Gasteiger partial charge in [0.2, 0.25) is 0 Å². The zero-order chi connectivity index (χ0) is 22.2. The molecule has 0 bridgehead atoms. The van der Waals surface area contributed by atoms with Crippen LogP contribution in [0, 0.1) is 0 Å². The quantitative estimate of drug-likeness (QED) is 0.272. The van der Waals surface area contributed by atoms with E-state index in [1.165, 1.54) is 6.33 Å². The third-order valence-corrected chi connectivity index (χ3v) is 5.42. The third kappa shape index (κ3) is 3.53. The van der Waals surface area contributed by atoms with Gasteiger partial charge < -0.3 is 26.4 Å². The van der Waals surface area contributed by atoms with Gasteiger partial charge in [0, 0.05) is 18.7 Å². The van der Waals surface area contributed by atoms with E-state index in [9.17, 15) is 14.8 Å². The molecule has 3 aromatic heterocycles. The molecule has 1 aliphatic rings. The minimum absolute atomic E-state index is 0.324. The van der Waals surface area contributed by atoms with Gasteiger partial charge in [0.15, 0.2) is 5.82 Å². The molecule has 0 atom stereocenters. The number of rotatable bonds is 6. The van der Waals surface area contributed by atoms with Crippen LogP contribution < -0.4 is 21.8 Å². The van der Waals surface area contributed by atoms with Crippen LogP contribution in [-0.2, 0) is 13.0 Å². The zero-order valence-electron chi connectivity index (χ0n) is 17.0. The summed E-state index contributed by atoms with van der Waals surface area (Å²) in [7, 11) is -1.52. The number of hydrogen-bond acceptors (Lipinski definition) is 8. The molecular weight excluding hydrogens is 409 g/mol. The summed E-state index contributed by atoms with van der Waals surface area (Å²) in [4.78, 5) is 25.6. The molecule has 0 radical (unpaired) electrons. The number of anilines is 2. The van der Waals surface area contributed by atoms with E-state index in [1.54, 1.807) is 34.7 Å². The maximum Gasteiger partial charge on any atom is 0.488 e. The number of carbonyl (C=O) groups is 1. The maximum absolute atomic E-state index is 11.7. The predicted molar refractivity (Wildman–Crippen MR) is 121 cm³/mol. The van der Waals surface area contributed by atoms with Gasteiger partial charge in [-0.1, -0.05) is 30.3 Å². The maximum atomic E-state index is 11.7. The number of carbonyl (C=O) groups excluding carboxylic acids is 1. The number of nitrogens with zero attached hydrogens (tertiary/aromatic N) is 4. The minimum atomic E-state index is -1.52. The molecule has 160 valence electrons. The minimum Gasteiger partial charge on any atom is -0.423 e. The molecule has 0 saturated carbocycles. The first-order chi connectivity index (χ1) is 15.5. The fourth-order valence-corrected chi connectivity index (χ4v) is 3.87. The van der Waals surface area contributed by atoms with Gasteiger partial charge in [-0.3, -0.25) is 9.20 Å². The number of benzene rings is 1. The van der Waals surface area contributed by atoms with E-state index in [-0.39, 0.29) is 0 Å². The highest BCUT2D eigenvalue weighted by molar-refractivity contribution is 6.58. The number of nitrogens with two attached hydrogens (primary N) is 1. The molecule has 1 amide bonds. The van der Waals surface area contributed by atoms with Gasteiger partial charge >= 0.3 is 7.12 Å². The van der Waals surface area contributed by atoms with Crippen LogP contribution in [0.4, 0.5) is 11.6 Å². The lowest BCUT2D eigenvalue weighted by molar-refractivity contribution is 0.0994. The SMILES string of the molecule is NC(=O)c1cccc2c(-c3nc4c(c(NCc5cccc(B(O)O)c5)n3)CCN4)ncn12. The fourth-order valence-electron chi connectivity index (χ4n) is 3.87. The van der Waals surface area contributed by atoms with Crippen molar-refractivity contribution in [3.05, 3.63) is 65.6 Å². The van der Waals surface area contributed by atoms with Crippen molar-refractivity contribution in [3.63, 3.8) is 0 Å². The van der Waals surface area contributed by atoms with Gasteiger partial charge in [-0.2, -0.15) is 0 Å². The smallest absolute Gasteiger partial charge is 0.423 e. The molecule has 4 heterocycles. The van der Waals surface area contributed by atoms with Crippen molar-refractivity contribution in [3.8, 4) is 11.5 Å². The lowest BCUT2D eigenvalue weighted by atomic mass is 9.79. The Kier molecular flexibility index (Phi) is 4.96. The molecule has 4 aromatic rings. The number of nitrogens with one attached hydrogen (secondary N) is 2. The highest BCUT2D eigenvalue weighted by Gasteiger charge is 2.22. The van der Waals surface area contributed by atoms with Crippen LogP contribution in [0.5, 0.6) is 0 Å². The van der Waals surface area contributed by atoms with E-state index in [1.807, 2.05) is 12.1 Å². The molecule has 6 N–H and O–H groups in total. The van der Waals surface area contributed by atoms with Crippen molar-refractivity contribution in [1.82, 2.24) is 19.4 Å². The summed E-state index contributed by atoms with van der Waals surface area (Å²) >= 11 is 0. The van der Waals surface area contributed by atoms with Crippen molar-refractivity contribution in [2.45, 2.75) is 13.0 Å². The number of hydrogen-bond donors (Lipinski definition) is 5. The highest BCUT2D eigenvalue weighted by atomic mass is 16.4. The Labute approximate surface area is 183 Å². The van der Waals surface area contributed by atoms with Crippen molar-refractivity contribution in [2.75, 3.05) is 17.2 Å². The van der Waals surface area contributed by atoms with Crippen LogP contribution in [0.2, 0.25) is 0 Å². The van der Waals surface area contributed by atoms with E-state index < -0.39 is 13.0 Å². The van der Waals surface area contributed by atoms with Crippen LogP contribution in [0.3, 0.4) is 0 Å². The number of primary amides is 1. The monoisotopic (exact) mass is 429 g/mol. The zero-order valence-corrected chi connectivity index (χ0v) is 17.0. The van der Waals surface area contributed by atoms with E-state index in [2.05, 4.69) is 20.6 Å². The summed E-state index contributed by atoms with van der Waals surface area (Å²) in [6, 6.07) is 12.3. The van der Waals surface area contributed by atoms with E-state index in [0.717, 1.165) is 29.9 Å². The first kappa shape index (κ1) is 20.0. The molecular formula is C21H20BN7O3. The first-order valence-corrected chi connectivity index (χ1v) is 10.1. The van der Waals surface area contributed by atoms with Crippen LogP contribution in [0.15, 0.2) is 48.8 Å². The Morgan fingerprint density at radius 1 is 1.22 bits per heavy atom. The van der Waals surface area contributed by atoms with E-state index in [4.69, 9.17) is 10.7 Å². The standard InChI is InChI=1S/C21H20BN7O3/c23-18(30)16-6-2-5-15-17(26-11-29(15)16)21-27-19-14(7-8-24-19)20(28-21)25-10-12-3-1-4-13(9-12)22(31)32/h1-6,9,11,31-32H,7-8,10H2,(H2,23,30)(H2,24,25,27,28). The summed E-state index contributed by atoms with van der Waals surface area (Å²) in [5, 5.41) is 25.4. The van der Waals surface area contributed by atoms with Crippen molar-refractivity contribution >= 4 is 35.6 Å². The van der Waals surface area contributed by atoms with Crippen LogP contribution in [-0.4, -0.2) is 49.0 Å². The Balaban J connectivity index is 1.52. The van der Waals surface area contributed by atoms with Crippen molar-refractivity contribution in [2.24, 2.45) is 5.73 Å². The second-order valence-corrected chi connectivity index (χ2v) is 7.50. The predicted octanol–water partition coefficient (Wildman–Crippen LogP) is 0.150. The first-order valence-electron chi connectivity index (χ1n) is 10.1. The average molecular weight is 429 g/mol. The molecule has 5 rings (SSSR count). The topological polar surface area (TPSA) is 151 Å². The highest BCUT2D eigenvalue weighted by Crippen LogP contribution is 2.31. The third-order valence-electron chi connectivity index (χ3n) is 5.42. The summed E-state index contributed by atoms with van der Waals surface area (Å²) in [5.74, 6) is 1.29. The van der Waals surface area contributed by atoms with Gasteiger partial charge in [-0.05, 0) is 29.6 Å². The van der Waals surface area contributed by atoms with Gasteiger partial charge in [-0.15, -0.1) is 0 Å². The van der Waals surface area contributed by atoms with E-state index in [0.29, 0.717) is 40.6 Å². The van der Waals surface area contributed by atoms with Gasteiger partial charge in [0.25, 0.3) is 5.91 Å². The molecule has 11 heteroatoms. The molecule has 0 unspecified atom stereocenters. The van der Waals surface area contributed by atoms with Crippen LogP contribution >= 0.6 is 0 Å². The molecule has 1 aliphatic heterocycles. The Hall–Kier alpha value is -3.96.